The molecule has 19 heavy (non-hydrogen) atoms. The quantitative estimate of drug-likeness (QED) is 0.698. The van der Waals surface area contributed by atoms with Crippen molar-refractivity contribution in [2.45, 2.75) is 20.0 Å². The minimum atomic E-state index is -0.0893. The van der Waals surface area contributed by atoms with Crippen LogP contribution in [0.4, 0.5) is 0 Å². The highest BCUT2D eigenvalue weighted by molar-refractivity contribution is 5.28. The van der Waals surface area contributed by atoms with E-state index in [1.165, 1.54) is 0 Å². The van der Waals surface area contributed by atoms with Crippen LogP contribution >= 0.6 is 0 Å². The first kappa shape index (κ1) is 16.0. The van der Waals surface area contributed by atoms with Crippen LogP contribution in [0.25, 0.3) is 0 Å². The Morgan fingerprint density at radius 3 is 2.32 bits per heavy atom. The Bertz CT molecular complexity index is 338. The fourth-order valence-corrected chi connectivity index (χ4v) is 1.69. The van der Waals surface area contributed by atoms with E-state index in [0.29, 0.717) is 25.7 Å². The van der Waals surface area contributed by atoms with Crippen molar-refractivity contribution in [3.63, 3.8) is 0 Å². The second-order valence-electron chi connectivity index (χ2n) is 4.84. The molecule has 0 saturated heterocycles. The van der Waals surface area contributed by atoms with Crippen LogP contribution in [0.2, 0.25) is 0 Å². The van der Waals surface area contributed by atoms with Gasteiger partial charge in [-0.3, -0.25) is 0 Å². The Kier molecular flexibility index (Phi) is 7.48. The minimum absolute atomic E-state index is 0.0893. The summed E-state index contributed by atoms with van der Waals surface area (Å²) in [6, 6.07) is 7.78. The average molecular weight is 267 g/mol. The summed E-state index contributed by atoms with van der Waals surface area (Å²) in [6.45, 7) is 6.63. The number of methoxy groups -OCH3 is 1. The zero-order valence-corrected chi connectivity index (χ0v) is 12.1. The first-order valence-electron chi connectivity index (χ1n) is 6.70. The molecule has 1 aromatic rings. The molecule has 0 fully saturated rings. The Balaban J connectivity index is 2.35. The van der Waals surface area contributed by atoms with Gasteiger partial charge in [0.05, 0.1) is 26.4 Å². The maximum Gasteiger partial charge on any atom is 0.118 e. The van der Waals surface area contributed by atoms with Crippen molar-refractivity contribution < 1.29 is 14.2 Å². The highest BCUT2D eigenvalue weighted by Crippen LogP contribution is 2.19. The van der Waals surface area contributed by atoms with Crippen molar-refractivity contribution in [3.8, 4) is 5.75 Å². The fraction of sp³-hybridized carbons (Fsp3) is 0.600. The zero-order chi connectivity index (χ0) is 14.1. The number of hydrogen-bond donors (Lipinski definition) is 1. The molecule has 0 heterocycles. The molecule has 1 unspecified atom stereocenters. The molecule has 1 rings (SSSR count). The molecule has 4 nitrogen and oxygen atoms in total. The van der Waals surface area contributed by atoms with Crippen LogP contribution in [-0.2, 0) is 9.47 Å². The molecule has 0 radical (unpaired) electrons. The van der Waals surface area contributed by atoms with Crippen molar-refractivity contribution in [2.24, 2.45) is 11.7 Å². The summed E-state index contributed by atoms with van der Waals surface area (Å²) in [6.07, 6.45) is -0.0893. The van der Waals surface area contributed by atoms with Crippen molar-refractivity contribution in [1.29, 1.82) is 0 Å². The summed E-state index contributed by atoms with van der Waals surface area (Å²) in [5.41, 5.74) is 6.80. The van der Waals surface area contributed by atoms with E-state index >= 15 is 0 Å². The molecule has 4 heteroatoms. The maximum atomic E-state index is 5.74. The third-order valence-corrected chi connectivity index (χ3v) is 2.70. The standard InChI is InChI=1S/C15H25NO3/c1-12(2)11-18-8-9-19-15(10-16)13-4-6-14(17-3)7-5-13/h4-7,12,15H,8-11,16H2,1-3H3. The average Bonchev–Trinajstić information content (AvgIpc) is 2.43. The zero-order valence-electron chi connectivity index (χ0n) is 12.1. The van der Waals surface area contributed by atoms with Crippen LogP contribution in [0.3, 0.4) is 0 Å². The molecule has 1 aromatic carbocycles. The lowest BCUT2D eigenvalue weighted by Gasteiger charge is -2.17. The van der Waals surface area contributed by atoms with Gasteiger partial charge in [-0.2, -0.15) is 0 Å². The third-order valence-electron chi connectivity index (χ3n) is 2.70. The highest BCUT2D eigenvalue weighted by Gasteiger charge is 2.10. The predicted octanol–water partition coefficient (Wildman–Crippen LogP) is 2.38. The number of nitrogens with two attached hydrogens (primary N) is 1. The van der Waals surface area contributed by atoms with Crippen LogP contribution < -0.4 is 10.5 Å². The molecule has 0 saturated carbocycles. The molecule has 1 atom stereocenters. The molecule has 0 aliphatic carbocycles. The van der Waals surface area contributed by atoms with Gasteiger partial charge in [-0.15, -0.1) is 0 Å². The Labute approximate surface area is 115 Å². The van der Waals surface area contributed by atoms with Gasteiger partial charge in [0.25, 0.3) is 0 Å². The van der Waals surface area contributed by atoms with E-state index < -0.39 is 0 Å². The number of hydrogen-bond acceptors (Lipinski definition) is 4. The van der Waals surface area contributed by atoms with Gasteiger partial charge < -0.3 is 19.9 Å². The minimum Gasteiger partial charge on any atom is -0.497 e. The van der Waals surface area contributed by atoms with Gasteiger partial charge in [0.15, 0.2) is 0 Å². The lowest BCUT2D eigenvalue weighted by atomic mass is 10.1. The second-order valence-corrected chi connectivity index (χ2v) is 4.84. The van der Waals surface area contributed by atoms with Crippen molar-refractivity contribution in [3.05, 3.63) is 29.8 Å². The largest absolute Gasteiger partial charge is 0.497 e. The molecule has 108 valence electrons. The van der Waals surface area contributed by atoms with Crippen LogP contribution in [0.1, 0.15) is 25.5 Å². The fourth-order valence-electron chi connectivity index (χ4n) is 1.69. The van der Waals surface area contributed by atoms with E-state index in [1.807, 2.05) is 24.3 Å². The van der Waals surface area contributed by atoms with Gasteiger partial charge in [0, 0.05) is 13.2 Å². The topological polar surface area (TPSA) is 53.7 Å². The summed E-state index contributed by atoms with van der Waals surface area (Å²) in [5.74, 6) is 1.38. The van der Waals surface area contributed by atoms with Crippen LogP contribution in [0.15, 0.2) is 24.3 Å². The van der Waals surface area contributed by atoms with Crippen molar-refractivity contribution >= 4 is 0 Å². The first-order valence-corrected chi connectivity index (χ1v) is 6.70. The van der Waals surface area contributed by atoms with Crippen molar-refractivity contribution in [1.82, 2.24) is 0 Å². The summed E-state index contributed by atoms with van der Waals surface area (Å²) in [4.78, 5) is 0. The van der Waals surface area contributed by atoms with Crippen LogP contribution in [0, 0.1) is 5.92 Å². The van der Waals surface area contributed by atoms with E-state index in [4.69, 9.17) is 19.9 Å². The summed E-state index contributed by atoms with van der Waals surface area (Å²) in [7, 11) is 1.65. The molecule has 0 spiro atoms. The Morgan fingerprint density at radius 2 is 1.79 bits per heavy atom. The van der Waals surface area contributed by atoms with Gasteiger partial charge in [0.1, 0.15) is 5.75 Å². The van der Waals surface area contributed by atoms with Gasteiger partial charge >= 0.3 is 0 Å². The molecule has 0 aromatic heterocycles. The van der Waals surface area contributed by atoms with E-state index in [2.05, 4.69) is 13.8 Å². The lowest BCUT2D eigenvalue weighted by molar-refractivity contribution is 0.00177. The summed E-state index contributed by atoms with van der Waals surface area (Å²) >= 11 is 0. The number of ether oxygens (including phenoxy) is 3. The lowest BCUT2D eigenvalue weighted by Crippen LogP contribution is -2.18. The molecular formula is C15H25NO3. The number of benzene rings is 1. The molecule has 0 bridgehead atoms. The highest BCUT2D eigenvalue weighted by atomic mass is 16.5. The van der Waals surface area contributed by atoms with Gasteiger partial charge in [-0.05, 0) is 23.6 Å². The molecule has 0 aliphatic rings. The van der Waals surface area contributed by atoms with Crippen LogP contribution in [0.5, 0.6) is 5.75 Å². The smallest absolute Gasteiger partial charge is 0.118 e. The summed E-state index contributed by atoms with van der Waals surface area (Å²) in [5, 5.41) is 0. The normalized spacial score (nSPS) is 12.7. The predicted molar refractivity (Wildman–Crippen MR) is 76.4 cm³/mol. The van der Waals surface area contributed by atoms with Crippen molar-refractivity contribution in [2.75, 3.05) is 33.5 Å². The second kappa shape index (κ2) is 8.91. The SMILES string of the molecule is COc1ccc(C(CN)OCCOCC(C)C)cc1. The molecular weight excluding hydrogens is 242 g/mol. The van der Waals surface area contributed by atoms with E-state index in [9.17, 15) is 0 Å². The molecule has 2 N–H and O–H groups in total. The van der Waals surface area contributed by atoms with E-state index in [-0.39, 0.29) is 6.10 Å². The molecule has 0 amide bonds. The van der Waals surface area contributed by atoms with Gasteiger partial charge in [-0.25, -0.2) is 0 Å². The summed E-state index contributed by atoms with van der Waals surface area (Å²) < 4.78 is 16.3. The van der Waals surface area contributed by atoms with Crippen LogP contribution in [-0.4, -0.2) is 33.5 Å². The number of rotatable bonds is 9. The first-order chi connectivity index (χ1) is 9.17. The van der Waals surface area contributed by atoms with Gasteiger partial charge in [-0.1, -0.05) is 26.0 Å². The van der Waals surface area contributed by atoms with E-state index in [0.717, 1.165) is 17.9 Å². The maximum absolute atomic E-state index is 5.74. The monoisotopic (exact) mass is 267 g/mol. The molecule has 0 aliphatic heterocycles. The Morgan fingerprint density at radius 1 is 1.11 bits per heavy atom. The van der Waals surface area contributed by atoms with Gasteiger partial charge in [0.2, 0.25) is 0 Å². The third kappa shape index (κ3) is 6.05. The Hall–Kier alpha value is -1.10. The van der Waals surface area contributed by atoms with E-state index in [1.54, 1.807) is 7.11 Å².